The largest absolute Gasteiger partial charge is 0.618 e. The molecule has 92 valence electrons. The SMILES string of the molecule is [O-][n+]1ccccc1C1CCC2(CC1)OCCO2. The Morgan fingerprint density at radius 2 is 1.88 bits per heavy atom. The fourth-order valence-electron chi connectivity index (χ4n) is 2.90. The highest BCUT2D eigenvalue weighted by molar-refractivity contribution is 5.06. The van der Waals surface area contributed by atoms with Crippen LogP contribution in [0.1, 0.15) is 37.3 Å². The second kappa shape index (κ2) is 4.27. The van der Waals surface area contributed by atoms with Gasteiger partial charge in [0.15, 0.2) is 17.7 Å². The van der Waals surface area contributed by atoms with Gasteiger partial charge >= 0.3 is 0 Å². The van der Waals surface area contributed by atoms with Crippen molar-refractivity contribution in [1.29, 1.82) is 0 Å². The molecule has 1 aromatic rings. The number of nitrogens with zero attached hydrogens (tertiary/aromatic N) is 1. The lowest BCUT2D eigenvalue weighted by atomic mass is 9.83. The second-order valence-electron chi connectivity index (χ2n) is 4.83. The number of pyridine rings is 1. The van der Waals surface area contributed by atoms with Crippen LogP contribution < -0.4 is 4.73 Å². The van der Waals surface area contributed by atoms with Crippen LogP contribution in [0, 0.1) is 5.21 Å². The minimum absolute atomic E-state index is 0.334. The fraction of sp³-hybridized carbons (Fsp3) is 0.615. The molecule has 2 aliphatic rings. The van der Waals surface area contributed by atoms with Gasteiger partial charge in [-0.25, -0.2) is 0 Å². The Balaban J connectivity index is 1.71. The van der Waals surface area contributed by atoms with Crippen LogP contribution in [0.25, 0.3) is 0 Å². The van der Waals surface area contributed by atoms with E-state index in [4.69, 9.17) is 9.47 Å². The number of hydrogen-bond donors (Lipinski definition) is 0. The third-order valence-corrected chi connectivity index (χ3v) is 3.83. The molecule has 1 saturated heterocycles. The van der Waals surface area contributed by atoms with E-state index >= 15 is 0 Å². The van der Waals surface area contributed by atoms with Gasteiger partial charge in [0.2, 0.25) is 0 Å². The summed E-state index contributed by atoms with van der Waals surface area (Å²) in [4.78, 5) is 0. The normalized spacial score (nSPS) is 24.2. The zero-order chi connectivity index (χ0) is 11.7. The molecule has 2 fully saturated rings. The highest BCUT2D eigenvalue weighted by Gasteiger charge is 2.41. The molecule has 4 heteroatoms. The van der Waals surface area contributed by atoms with Gasteiger partial charge in [-0.05, 0) is 12.8 Å². The molecule has 2 heterocycles. The Labute approximate surface area is 101 Å². The summed E-state index contributed by atoms with van der Waals surface area (Å²) < 4.78 is 12.4. The van der Waals surface area contributed by atoms with Crippen LogP contribution in [-0.2, 0) is 9.47 Å². The molecule has 17 heavy (non-hydrogen) atoms. The van der Waals surface area contributed by atoms with Crippen LogP contribution in [0.5, 0.6) is 0 Å². The lowest BCUT2D eigenvalue weighted by Crippen LogP contribution is -2.38. The maximum absolute atomic E-state index is 11.7. The average Bonchev–Trinajstić information content (AvgIpc) is 2.80. The van der Waals surface area contributed by atoms with Crippen LogP contribution >= 0.6 is 0 Å². The minimum Gasteiger partial charge on any atom is -0.618 e. The second-order valence-corrected chi connectivity index (χ2v) is 4.83. The summed E-state index contributed by atoms with van der Waals surface area (Å²) >= 11 is 0. The Morgan fingerprint density at radius 1 is 1.18 bits per heavy atom. The summed E-state index contributed by atoms with van der Waals surface area (Å²) in [6, 6.07) is 5.62. The molecule has 0 bridgehead atoms. The first kappa shape index (κ1) is 11.0. The lowest BCUT2D eigenvalue weighted by Gasteiger charge is -2.34. The Kier molecular flexibility index (Phi) is 2.76. The summed E-state index contributed by atoms with van der Waals surface area (Å²) in [6.45, 7) is 1.41. The molecule has 1 aliphatic carbocycles. The molecule has 1 saturated carbocycles. The molecule has 1 spiro atoms. The van der Waals surface area contributed by atoms with Crippen molar-refractivity contribution in [2.45, 2.75) is 37.4 Å². The Hall–Kier alpha value is -1.13. The summed E-state index contributed by atoms with van der Waals surface area (Å²) in [7, 11) is 0. The Bertz CT molecular complexity index is 391. The van der Waals surface area contributed by atoms with E-state index in [1.165, 1.54) is 0 Å². The van der Waals surface area contributed by atoms with Gasteiger partial charge in [0, 0.05) is 30.9 Å². The van der Waals surface area contributed by atoms with Crippen molar-refractivity contribution in [1.82, 2.24) is 0 Å². The summed E-state index contributed by atoms with van der Waals surface area (Å²) in [5.74, 6) is 0.00560. The van der Waals surface area contributed by atoms with E-state index in [-0.39, 0.29) is 5.79 Å². The van der Waals surface area contributed by atoms with Crippen molar-refractivity contribution < 1.29 is 14.2 Å². The van der Waals surface area contributed by atoms with E-state index in [0.717, 1.165) is 36.1 Å². The van der Waals surface area contributed by atoms with E-state index < -0.39 is 0 Å². The van der Waals surface area contributed by atoms with Crippen molar-refractivity contribution in [3.05, 3.63) is 35.3 Å². The first-order chi connectivity index (χ1) is 8.29. The van der Waals surface area contributed by atoms with Gasteiger partial charge < -0.3 is 14.7 Å². The van der Waals surface area contributed by atoms with E-state index in [9.17, 15) is 5.21 Å². The van der Waals surface area contributed by atoms with Gasteiger partial charge in [0.1, 0.15) is 0 Å². The maximum atomic E-state index is 11.7. The predicted octanol–water partition coefficient (Wildman–Crippen LogP) is 1.72. The van der Waals surface area contributed by atoms with Crippen molar-refractivity contribution >= 4 is 0 Å². The zero-order valence-electron chi connectivity index (χ0n) is 9.80. The van der Waals surface area contributed by atoms with Gasteiger partial charge in [-0.2, -0.15) is 4.73 Å². The smallest absolute Gasteiger partial charge is 0.195 e. The minimum atomic E-state index is -0.334. The van der Waals surface area contributed by atoms with Gasteiger partial charge in [-0.15, -0.1) is 0 Å². The van der Waals surface area contributed by atoms with E-state index in [1.807, 2.05) is 12.1 Å². The number of aromatic nitrogens is 1. The molecule has 0 atom stereocenters. The molecule has 1 aromatic heterocycles. The molecule has 3 rings (SSSR count). The number of hydrogen-bond acceptors (Lipinski definition) is 3. The number of rotatable bonds is 1. The standard InChI is InChI=1S/C13H17NO3/c15-14-8-2-1-3-12(14)11-4-6-13(7-5-11)16-9-10-17-13/h1-3,8,11H,4-7,9-10H2. The highest BCUT2D eigenvalue weighted by atomic mass is 16.7. The van der Waals surface area contributed by atoms with Gasteiger partial charge in [-0.1, -0.05) is 6.07 Å². The highest BCUT2D eigenvalue weighted by Crippen LogP contribution is 2.41. The van der Waals surface area contributed by atoms with Crippen molar-refractivity contribution in [2.24, 2.45) is 0 Å². The van der Waals surface area contributed by atoms with E-state index in [0.29, 0.717) is 19.1 Å². The fourth-order valence-corrected chi connectivity index (χ4v) is 2.90. The van der Waals surface area contributed by atoms with Crippen LogP contribution in [0.15, 0.2) is 24.4 Å². The molecule has 1 aliphatic heterocycles. The molecule has 0 amide bonds. The van der Waals surface area contributed by atoms with Gasteiger partial charge in [0.25, 0.3) is 0 Å². The quantitative estimate of drug-likeness (QED) is 0.550. The molecule has 4 nitrogen and oxygen atoms in total. The lowest BCUT2D eigenvalue weighted by molar-refractivity contribution is -0.616. The summed E-state index contributed by atoms with van der Waals surface area (Å²) in [5.41, 5.74) is 0.875. The van der Waals surface area contributed by atoms with Crippen LogP contribution in [0.2, 0.25) is 0 Å². The molecule has 0 N–H and O–H groups in total. The molecular formula is C13H17NO3. The van der Waals surface area contributed by atoms with Crippen molar-refractivity contribution in [3.8, 4) is 0 Å². The summed E-state index contributed by atoms with van der Waals surface area (Å²) in [6.07, 6.45) is 5.29. The monoisotopic (exact) mass is 235 g/mol. The third-order valence-electron chi connectivity index (χ3n) is 3.83. The van der Waals surface area contributed by atoms with Crippen molar-refractivity contribution in [2.75, 3.05) is 13.2 Å². The maximum Gasteiger partial charge on any atom is 0.195 e. The third kappa shape index (κ3) is 2.03. The zero-order valence-corrected chi connectivity index (χ0v) is 9.80. The van der Waals surface area contributed by atoms with E-state index in [1.54, 1.807) is 12.3 Å². The molecular weight excluding hydrogens is 218 g/mol. The van der Waals surface area contributed by atoms with Crippen LogP contribution in [0.4, 0.5) is 0 Å². The first-order valence-electron chi connectivity index (χ1n) is 6.25. The first-order valence-corrected chi connectivity index (χ1v) is 6.25. The van der Waals surface area contributed by atoms with Gasteiger partial charge in [-0.3, -0.25) is 0 Å². The summed E-state index contributed by atoms with van der Waals surface area (Å²) in [5, 5.41) is 11.7. The molecule has 0 aromatic carbocycles. The topological polar surface area (TPSA) is 45.4 Å². The van der Waals surface area contributed by atoms with Crippen LogP contribution in [-0.4, -0.2) is 19.0 Å². The molecule has 0 unspecified atom stereocenters. The Morgan fingerprint density at radius 3 is 2.53 bits per heavy atom. The van der Waals surface area contributed by atoms with Crippen LogP contribution in [0.3, 0.4) is 0 Å². The van der Waals surface area contributed by atoms with Gasteiger partial charge in [0.05, 0.1) is 13.2 Å². The predicted molar refractivity (Wildman–Crippen MR) is 61.2 cm³/mol. The van der Waals surface area contributed by atoms with Crippen molar-refractivity contribution in [3.63, 3.8) is 0 Å². The average molecular weight is 235 g/mol. The number of ether oxygens (including phenoxy) is 2. The van der Waals surface area contributed by atoms with E-state index in [2.05, 4.69) is 0 Å². The molecule has 0 radical (unpaired) electrons.